The highest BCUT2D eigenvalue weighted by Gasteiger charge is 2.28. The number of likely N-dealkylation sites (tertiary alicyclic amines) is 1. The van der Waals surface area contributed by atoms with E-state index in [4.69, 9.17) is 10.5 Å². The summed E-state index contributed by atoms with van der Waals surface area (Å²) in [6, 6.07) is 14.1. The van der Waals surface area contributed by atoms with E-state index in [-0.39, 0.29) is 23.4 Å². The second-order valence-corrected chi connectivity index (χ2v) is 9.36. The molecule has 1 saturated heterocycles. The number of nitriles is 1. The Labute approximate surface area is 181 Å². The normalized spacial score (nSPS) is 19.6. The van der Waals surface area contributed by atoms with Crippen molar-refractivity contribution >= 4 is 21.8 Å². The Morgan fingerprint density at radius 3 is 2.87 bits per heavy atom. The van der Waals surface area contributed by atoms with Crippen molar-refractivity contribution in [3.8, 4) is 11.8 Å². The third-order valence-corrected chi connectivity index (χ3v) is 6.65. The highest BCUT2D eigenvalue weighted by atomic mass is 32.2. The number of nitrogens with zero attached hydrogens (tertiary/aromatic N) is 3. The van der Waals surface area contributed by atoms with Gasteiger partial charge in [0.15, 0.2) is 0 Å². The third kappa shape index (κ3) is 4.39. The molecule has 2 heterocycles. The van der Waals surface area contributed by atoms with Gasteiger partial charge in [-0.15, -0.1) is 4.40 Å². The van der Waals surface area contributed by atoms with E-state index in [0.29, 0.717) is 47.7 Å². The first-order valence-corrected chi connectivity index (χ1v) is 11.6. The van der Waals surface area contributed by atoms with E-state index in [2.05, 4.69) is 10.5 Å². The molecular formula is C22H22N4O4S. The molecule has 31 heavy (non-hydrogen) atoms. The van der Waals surface area contributed by atoms with Gasteiger partial charge in [0, 0.05) is 19.0 Å². The van der Waals surface area contributed by atoms with Crippen molar-refractivity contribution in [2.75, 3.05) is 19.7 Å². The maximum absolute atomic E-state index is 12.9. The van der Waals surface area contributed by atoms with E-state index in [0.717, 1.165) is 12.8 Å². The van der Waals surface area contributed by atoms with Crippen LogP contribution in [-0.4, -0.2) is 44.8 Å². The van der Waals surface area contributed by atoms with Gasteiger partial charge in [-0.05, 0) is 36.6 Å². The standard InChI is InChI=1S/C22H22N4O4S/c23-11-16-6-1-2-8-18(16)22(27)26-10-4-5-15(12-26)13-30-19-9-3-7-17-14-31(28,29)25-21(24)20(17)19/h1-3,6-9,15H,4-5,10,12-14H2,(H2,24,25)/t15-/m0/s1. The van der Waals surface area contributed by atoms with Gasteiger partial charge in [0.2, 0.25) is 0 Å². The van der Waals surface area contributed by atoms with Gasteiger partial charge in [-0.25, -0.2) is 8.42 Å². The summed E-state index contributed by atoms with van der Waals surface area (Å²) in [7, 11) is -3.61. The Morgan fingerprint density at radius 2 is 2.06 bits per heavy atom. The molecule has 0 radical (unpaired) electrons. The fraction of sp³-hybridized carbons (Fsp3) is 0.318. The fourth-order valence-corrected chi connectivity index (χ4v) is 5.15. The number of ether oxygens (including phenoxy) is 1. The average molecular weight is 439 g/mol. The van der Waals surface area contributed by atoms with Crippen LogP contribution in [0.25, 0.3) is 0 Å². The van der Waals surface area contributed by atoms with E-state index in [1.807, 2.05) is 0 Å². The van der Waals surface area contributed by atoms with E-state index in [9.17, 15) is 18.5 Å². The molecule has 0 unspecified atom stereocenters. The summed E-state index contributed by atoms with van der Waals surface area (Å²) >= 11 is 0. The Morgan fingerprint density at radius 1 is 1.26 bits per heavy atom. The highest BCUT2D eigenvalue weighted by molar-refractivity contribution is 7.89. The Bertz CT molecular complexity index is 1200. The van der Waals surface area contributed by atoms with Crippen molar-refractivity contribution in [3.05, 3.63) is 64.7 Å². The van der Waals surface area contributed by atoms with Crippen LogP contribution in [-0.2, 0) is 15.8 Å². The van der Waals surface area contributed by atoms with Gasteiger partial charge in [-0.3, -0.25) is 4.79 Å². The first kappa shape index (κ1) is 20.9. The molecule has 0 saturated carbocycles. The topological polar surface area (TPSA) is 126 Å². The summed E-state index contributed by atoms with van der Waals surface area (Å²) in [6.45, 7) is 1.51. The highest BCUT2D eigenvalue weighted by Crippen LogP contribution is 2.29. The van der Waals surface area contributed by atoms with E-state index in [1.54, 1.807) is 47.4 Å². The van der Waals surface area contributed by atoms with Crippen molar-refractivity contribution in [2.45, 2.75) is 18.6 Å². The van der Waals surface area contributed by atoms with Gasteiger partial charge in [0.1, 0.15) is 11.6 Å². The number of amidine groups is 1. The molecule has 2 aromatic carbocycles. The molecule has 0 aromatic heterocycles. The molecule has 8 nitrogen and oxygen atoms in total. The number of rotatable bonds is 4. The molecular weight excluding hydrogens is 416 g/mol. The fourth-order valence-electron chi connectivity index (χ4n) is 4.06. The smallest absolute Gasteiger partial charge is 0.259 e. The molecule has 160 valence electrons. The maximum Gasteiger partial charge on any atom is 0.259 e. The molecule has 4 rings (SSSR count). The van der Waals surface area contributed by atoms with Crippen LogP contribution in [0.3, 0.4) is 0 Å². The van der Waals surface area contributed by atoms with E-state index in [1.165, 1.54) is 0 Å². The largest absolute Gasteiger partial charge is 0.492 e. The Kier molecular flexibility index (Phi) is 5.65. The van der Waals surface area contributed by atoms with Gasteiger partial charge >= 0.3 is 0 Å². The molecule has 2 aromatic rings. The van der Waals surface area contributed by atoms with Crippen LogP contribution >= 0.6 is 0 Å². The van der Waals surface area contributed by atoms with Gasteiger partial charge in [-0.2, -0.15) is 5.26 Å². The molecule has 2 aliphatic rings. The number of hydrogen-bond acceptors (Lipinski definition) is 6. The molecule has 0 aliphatic carbocycles. The minimum absolute atomic E-state index is 0.0644. The number of carbonyl (C=O) groups is 1. The monoisotopic (exact) mass is 438 g/mol. The third-order valence-electron chi connectivity index (χ3n) is 5.50. The minimum Gasteiger partial charge on any atom is -0.492 e. The van der Waals surface area contributed by atoms with Crippen LogP contribution in [0.4, 0.5) is 0 Å². The lowest BCUT2D eigenvalue weighted by atomic mass is 9.97. The Hall–Kier alpha value is -3.38. The van der Waals surface area contributed by atoms with E-state index < -0.39 is 10.0 Å². The summed E-state index contributed by atoms with van der Waals surface area (Å²) in [5, 5.41) is 9.28. The lowest BCUT2D eigenvalue weighted by Gasteiger charge is -2.33. The van der Waals surface area contributed by atoms with Crippen molar-refractivity contribution in [2.24, 2.45) is 16.0 Å². The molecule has 2 aliphatic heterocycles. The molecule has 9 heteroatoms. The predicted octanol–water partition coefficient (Wildman–Crippen LogP) is 2.04. The average Bonchev–Trinajstić information content (AvgIpc) is 2.76. The number of carbonyl (C=O) groups excluding carboxylic acids is 1. The van der Waals surface area contributed by atoms with Crippen molar-refractivity contribution in [3.63, 3.8) is 0 Å². The molecule has 1 amide bonds. The number of amides is 1. The zero-order valence-electron chi connectivity index (χ0n) is 16.8. The number of piperidine rings is 1. The van der Waals surface area contributed by atoms with Crippen LogP contribution in [0.1, 0.15) is 39.9 Å². The summed E-state index contributed by atoms with van der Waals surface area (Å²) < 4.78 is 33.3. The van der Waals surface area contributed by atoms with Crippen LogP contribution in [0.2, 0.25) is 0 Å². The maximum atomic E-state index is 12.9. The molecule has 0 bridgehead atoms. The lowest BCUT2D eigenvalue weighted by Crippen LogP contribution is -2.42. The van der Waals surface area contributed by atoms with Crippen molar-refractivity contribution in [1.29, 1.82) is 5.26 Å². The first-order valence-electron chi connectivity index (χ1n) is 9.99. The van der Waals surface area contributed by atoms with Crippen molar-refractivity contribution < 1.29 is 17.9 Å². The first-order chi connectivity index (χ1) is 14.9. The van der Waals surface area contributed by atoms with Crippen LogP contribution in [0.15, 0.2) is 46.9 Å². The number of sulfonamides is 1. The second-order valence-electron chi connectivity index (χ2n) is 7.72. The van der Waals surface area contributed by atoms with Gasteiger partial charge in [0.25, 0.3) is 15.9 Å². The molecule has 1 fully saturated rings. The summed E-state index contributed by atoms with van der Waals surface area (Å²) in [6.07, 6.45) is 1.74. The molecule has 0 spiro atoms. The van der Waals surface area contributed by atoms with Crippen molar-refractivity contribution in [1.82, 2.24) is 4.90 Å². The number of fused-ring (bicyclic) bond motifs is 1. The number of nitrogens with two attached hydrogens (primary N) is 1. The quantitative estimate of drug-likeness (QED) is 0.778. The van der Waals surface area contributed by atoms with E-state index >= 15 is 0 Å². The number of hydrogen-bond donors (Lipinski definition) is 1. The van der Waals surface area contributed by atoms with Gasteiger partial charge < -0.3 is 15.4 Å². The molecule has 2 N–H and O–H groups in total. The van der Waals surface area contributed by atoms with Crippen LogP contribution in [0, 0.1) is 17.2 Å². The summed E-state index contributed by atoms with van der Waals surface area (Å²) in [5.74, 6) is 0.177. The number of benzene rings is 2. The van der Waals surface area contributed by atoms with Gasteiger partial charge in [0.05, 0.1) is 35.1 Å². The summed E-state index contributed by atoms with van der Waals surface area (Å²) in [4.78, 5) is 14.7. The minimum atomic E-state index is -3.61. The van der Waals surface area contributed by atoms with Gasteiger partial charge in [-0.1, -0.05) is 24.3 Å². The van der Waals surface area contributed by atoms with Crippen LogP contribution < -0.4 is 10.5 Å². The molecule has 1 atom stereocenters. The summed E-state index contributed by atoms with van der Waals surface area (Å²) in [5.41, 5.74) is 7.76. The second kappa shape index (κ2) is 8.40. The SMILES string of the molecule is N#Cc1ccccc1C(=O)N1CCC[C@H](COc2cccc3c2C(N)=NS(=O)(=O)C3)C1. The predicted molar refractivity (Wildman–Crippen MR) is 115 cm³/mol. The Balaban J connectivity index is 1.46. The zero-order chi connectivity index (χ0) is 22.0. The zero-order valence-corrected chi connectivity index (χ0v) is 17.6. The lowest BCUT2D eigenvalue weighted by molar-refractivity contribution is 0.0633. The van der Waals surface area contributed by atoms with Crippen LogP contribution in [0.5, 0.6) is 5.75 Å².